The SMILES string of the molecule is CCc1cc2c(=O)c3c4ccc(C#N)cc4[nH]c3n(C3CCOCC3)c2cc1-c1cncc(OS(=O)(=O)F)c1. The maximum Gasteiger partial charge on any atom is 0.488 e. The molecule has 0 aliphatic carbocycles. The van der Waals surface area contributed by atoms with Crippen LogP contribution in [0.5, 0.6) is 5.75 Å². The Morgan fingerprint density at radius 1 is 1.18 bits per heavy atom. The highest BCUT2D eigenvalue weighted by molar-refractivity contribution is 7.81. The summed E-state index contributed by atoms with van der Waals surface area (Å²) in [7, 11) is -5.22. The molecule has 0 radical (unpaired) electrons. The zero-order chi connectivity index (χ0) is 27.3. The highest BCUT2D eigenvalue weighted by Gasteiger charge is 2.24. The minimum absolute atomic E-state index is 0.0395. The number of nitrogens with one attached hydrogen (secondary N) is 1. The monoisotopic (exact) mass is 546 g/mol. The molecule has 0 atom stereocenters. The van der Waals surface area contributed by atoms with Crippen molar-refractivity contribution < 1.29 is 21.2 Å². The van der Waals surface area contributed by atoms with E-state index in [0.717, 1.165) is 35.6 Å². The van der Waals surface area contributed by atoms with Gasteiger partial charge < -0.3 is 18.5 Å². The lowest BCUT2D eigenvalue weighted by Crippen LogP contribution is -2.22. The lowest BCUT2D eigenvalue weighted by molar-refractivity contribution is 0.0715. The van der Waals surface area contributed by atoms with Gasteiger partial charge in [0.1, 0.15) is 5.65 Å². The van der Waals surface area contributed by atoms with Crippen LogP contribution >= 0.6 is 0 Å². The summed E-state index contributed by atoms with van der Waals surface area (Å²) in [5.74, 6) is -0.252. The van der Waals surface area contributed by atoms with Crippen molar-refractivity contribution in [2.75, 3.05) is 13.2 Å². The maximum absolute atomic E-state index is 14.0. The second-order valence-electron chi connectivity index (χ2n) is 9.53. The average Bonchev–Trinajstić information content (AvgIpc) is 3.31. The van der Waals surface area contributed by atoms with E-state index in [4.69, 9.17) is 4.74 Å². The van der Waals surface area contributed by atoms with E-state index in [0.29, 0.717) is 58.2 Å². The predicted molar refractivity (Wildman–Crippen MR) is 145 cm³/mol. The Bertz CT molecular complexity index is 1990. The van der Waals surface area contributed by atoms with Crippen LogP contribution in [-0.2, 0) is 21.7 Å². The summed E-state index contributed by atoms with van der Waals surface area (Å²) in [5.41, 5.74) is 4.52. The number of halogens is 1. The standard InChI is InChI=1S/C28H23FN4O5S/c1-2-17-11-23-25(12-22(17)18-10-20(15-31-14-18)38-39(29,35)36)33(19-5-7-37-8-6-19)28-26(27(23)34)21-4-3-16(13-30)9-24(21)32-28/h3-4,9-12,14-15,19,32H,2,5-8H2,1H3. The third-order valence-corrected chi connectivity index (χ3v) is 7.65. The fraction of sp³-hybridized carbons (Fsp3) is 0.250. The Hall–Kier alpha value is -4.27. The first kappa shape index (κ1) is 25.0. The van der Waals surface area contributed by atoms with E-state index in [-0.39, 0.29) is 17.2 Å². The fourth-order valence-corrected chi connectivity index (χ4v) is 5.86. The lowest BCUT2D eigenvalue weighted by atomic mass is 9.95. The molecular weight excluding hydrogens is 523 g/mol. The van der Waals surface area contributed by atoms with E-state index in [9.17, 15) is 22.4 Å². The number of hydrogen-bond donors (Lipinski definition) is 1. The van der Waals surface area contributed by atoms with Gasteiger partial charge >= 0.3 is 10.5 Å². The number of ether oxygens (including phenoxy) is 1. The molecule has 0 saturated carbocycles. The minimum atomic E-state index is -5.22. The summed E-state index contributed by atoms with van der Waals surface area (Å²) in [5, 5.41) is 11.3. The molecular formula is C28H23FN4O5S. The Labute approximate surface area is 222 Å². The number of benzene rings is 2. The summed E-state index contributed by atoms with van der Waals surface area (Å²) in [6, 6.07) is 12.6. The van der Waals surface area contributed by atoms with E-state index in [1.807, 2.05) is 19.1 Å². The van der Waals surface area contributed by atoms with Crippen LogP contribution in [0.2, 0.25) is 0 Å². The molecule has 1 saturated heterocycles. The normalized spacial score (nSPS) is 14.7. The molecule has 1 aliphatic heterocycles. The highest BCUT2D eigenvalue weighted by Crippen LogP contribution is 2.36. The number of aromatic amines is 1. The summed E-state index contributed by atoms with van der Waals surface area (Å²) in [6.45, 7) is 3.12. The Morgan fingerprint density at radius 2 is 1.97 bits per heavy atom. The molecule has 6 rings (SSSR count). The van der Waals surface area contributed by atoms with Gasteiger partial charge in [0.25, 0.3) is 0 Å². The van der Waals surface area contributed by atoms with E-state index in [2.05, 4.69) is 24.8 Å². The van der Waals surface area contributed by atoms with Crippen LogP contribution < -0.4 is 9.61 Å². The second kappa shape index (κ2) is 9.48. The van der Waals surface area contributed by atoms with Crippen molar-refractivity contribution in [1.29, 1.82) is 5.26 Å². The number of aromatic nitrogens is 3. The lowest BCUT2D eigenvalue weighted by Gasteiger charge is -2.28. The summed E-state index contributed by atoms with van der Waals surface area (Å²) >= 11 is 0. The molecule has 1 fully saturated rings. The molecule has 198 valence electrons. The van der Waals surface area contributed by atoms with Crippen LogP contribution in [0.4, 0.5) is 3.89 Å². The Balaban J connectivity index is 1.69. The number of aryl methyl sites for hydroxylation is 1. The van der Waals surface area contributed by atoms with Gasteiger partial charge in [0.15, 0.2) is 11.2 Å². The summed E-state index contributed by atoms with van der Waals surface area (Å²) < 4.78 is 47.5. The second-order valence-corrected chi connectivity index (χ2v) is 10.5. The van der Waals surface area contributed by atoms with Crippen LogP contribution in [-0.4, -0.2) is 36.2 Å². The van der Waals surface area contributed by atoms with Gasteiger partial charge in [-0.15, -0.1) is 0 Å². The predicted octanol–water partition coefficient (Wildman–Crippen LogP) is 5.08. The fourth-order valence-electron chi connectivity index (χ4n) is 5.54. The van der Waals surface area contributed by atoms with Crippen LogP contribution in [0, 0.1) is 11.3 Å². The first-order valence-electron chi connectivity index (χ1n) is 12.5. The van der Waals surface area contributed by atoms with Crippen molar-refractivity contribution in [2.45, 2.75) is 32.2 Å². The number of hydrogen-bond acceptors (Lipinski definition) is 7. The van der Waals surface area contributed by atoms with E-state index >= 15 is 0 Å². The first-order chi connectivity index (χ1) is 18.8. The number of nitriles is 1. The molecule has 0 amide bonds. The van der Waals surface area contributed by atoms with Gasteiger partial charge in [-0.2, -0.15) is 13.7 Å². The maximum atomic E-state index is 14.0. The Kier molecular flexibility index (Phi) is 6.09. The van der Waals surface area contributed by atoms with E-state index in [1.54, 1.807) is 24.4 Å². The van der Waals surface area contributed by atoms with Crippen LogP contribution in [0.15, 0.2) is 53.6 Å². The van der Waals surface area contributed by atoms with E-state index in [1.165, 1.54) is 6.07 Å². The zero-order valence-corrected chi connectivity index (χ0v) is 21.7. The molecule has 0 unspecified atom stereocenters. The quantitative estimate of drug-likeness (QED) is 0.305. The number of rotatable bonds is 5. The van der Waals surface area contributed by atoms with Crippen LogP contribution in [0.1, 0.15) is 36.9 Å². The van der Waals surface area contributed by atoms with Gasteiger partial charge in [0.05, 0.1) is 28.7 Å². The topological polar surface area (TPSA) is 127 Å². The number of pyridine rings is 2. The molecule has 2 aromatic carbocycles. The van der Waals surface area contributed by atoms with Crippen molar-refractivity contribution in [2.24, 2.45) is 0 Å². The van der Waals surface area contributed by atoms with Gasteiger partial charge in [-0.05, 0) is 60.7 Å². The molecule has 0 bridgehead atoms. The van der Waals surface area contributed by atoms with Crippen molar-refractivity contribution in [3.05, 3.63) is 70.1 Å². The minimum Gasteiger partial charge on any atom is -0.381 e. The highest BCUT2D eigenvalue weighted by atomic mass is 32.3. The van der Waals surface area contributed by atoms with Gasteiger partial charge in [-0.3, -0.25) is 9.78 Å². The van der Waals surface area contributed by atoms with Gasteiger partial charge in [-0.25, -0.2) is 0 Å². The van der Waals surface area contributed by atoms with Gasteiger partial charge in [0.2, 0.25) is 0 Å². The summed E-state index contributed by atoms with van der Waals surface area (Å²) in [4.78, 5) is 21.5. The number of H-pyrrole nitrogens is 1. The third kappa shape index (κ3) is 4.41. The van der Waals surface area contributed by atoms with E-state index < -0.39 is 10.5 Å². The third-order valence-electron chi connectivity index (χ3n) is 7.26. The molecule has 1 aliphatic rings. The Morgan fingerprint density at radius 3 is 2.69 bits per heavy atom. The molecule has 1 N–H and O–H groups in total. The van der Waals surface area contributed by atoms with Gasteiger partial charge in [0, 0.05) is 47.3 Å². The smallest absolute Gasteiger partial charge is 0.381 e. The van der Waals surface area contributed by atoms with Crippen LogP contribution in [0.3, 0.4) is 0 Å². The van der Waals surface area contributed by atoms with Crippen molar-refractivity contribution >= 4 is 43.3 Å². The molecule has 9 nitrogen and oxygen atoms in total. The molecule has 3 aromatic heterocycles. The largest absolute Gasteiger partial charge is 0.488 e. The van der Waals surface area contributed by atoms with Crippen molar-refractivity contribution in [3.8, 4) is 22.9 Å². The van der Waals surface area contributed by atoms with Crippen LogP contribution in [0.25, 0.3) is 44.0 Å². The molecule has 5 aromatic rings. The average molecular weight is 547 g/mol. The summed E-state index contributed by atoms with van der Waals surface area (Å²) in [6.07, 6.45) is 4.73. The number of nitrogens with zero attached hydrogens (tertiary/aromatic N) is 3. The first-order valence-corrected chi connectivity index (χ1v) is 13.8. The van der Waals surface area contributed by atoms with Crippen molar-refractivity contribution in [1.82, 2.24) is 14.5 Å². The van der Waals surface area contributed by atoms with Gasteiger partial charge in [-0.1, -0.05) is 16.9 Å². The van der Waals surface area contributed by atoms with Crippen molar-refractivity contribution in [3.63, 3.8) is 0 Å². The molecule has 11 heteroatoms. The number of fused-ring (bicyclic) bond motifs is 4. The molecule has 0 spiro atoms. The molecule has 39 heavy (non-hydrogen) atoms. The molecule has 4 heterocycles. The zero-order valence-electron chi connectivity index (χ0n) is 20.9.